The van der Waals surface area contributed by atoms with Crippen molar-refractivity contribution in [3.63, 3.8) is 0 Å². The molecule has 0 radical (unpaired) electrons. The van der Waals surface area contributed by atoms with Crippen molar-refractivity contribution in [3.05, 3.63) is 78.3 Å². The maximum Gasteiger partial charge on any atom is 0.243 e. The molecule has 0 saturated heterocycles. The second-order valence-electron chi connectivity index (χ2n) is 4.91. The van der Waals surface area contributed by atoms with Crippen LogP contribution in [0.4, 0.5) is 17.2 Å². The van der Waals surface area contributed by atoms with Gasteiger partial charge < -0.3 is 0 Å². The third kappa shape index (κ3) is 2.51. The van der Waals surface area contributed by atoms with Gasteiger partial charge in [0, 0.05) is 23.8 Å². The van der Waals surface area contributed by atoms with Gasteiger partial charge in [-0.25, -0.2) is 9.50 Å². The Kier molecular flexibility index (Phi) is 3.40. The molecule has 0 aliphatic carbocycles. The zero-order chi connectivity index (χ0) is 15.6. The number of para-hydroxylation sites is 2. The fourth-order valence-electron chi connectivity index (χ4n) is 2.48. The Morgan fingerprint density at radius 3 is 2.09 bits per heavy atom. The van der Waals surface area contributed by atoms with Crippen molar-refractivity contribution >= 4 is 34.4 Å². The zero-order valence-corrected chi connectivity index (χ0v) is 12.8. The highest BCUT2D eigenvalue weighted by molar-refractivity contribution is 6.28. The summed E-state index contributed by atoms with van der Waals surface area (Å²) in [6, 6.07) is 20.0. The molecule has 2 aromatic heterocycles. The molecule has 0 saturated carbocycles. The molecule has 0 aliphatic rings. The van der Waals surface area contributed by atoms with Crippen LogP contribution in [0, 0.1) is 0 Å². The van der Waals surface area contributed by atoms with Crippen molar-refractivity contribution in [2.45, 2.75) is 0 Å². The normalized spacial score (nSPS) is 10.8. The van der Waals surface area contributed by atoms with E-state index in [9.17, 15) is 0 Å². The first-order valence-electron chi connectivity index (χ1n) is 7.10. The molecule has 2 heterocycles. The SMILES string of the molecule is Clc1nc(N(c2ccccc2)c2ccccc2)c2nccn2n1. The molecule has 0 amide bonds. The molecular formula is C17H12ClN5. The van der Waals surface area contributed by atoms with Crippen LogP contribution in [0.25, 0.3) is 5.65 Å². The van der Waals surface area contributed by atoms with Crippen LogP contribution >= 0.6 is 11.6 Å². The van der Waals surface area contributed by atoms with Crippen molar-refractivity contribution in [2.24, 2.45) is 0 Å². The smallest absolute Gasteiger partial charge is 0.243 e. The van der Waals surface area contributed by atoms with Gasteiger partial charge in [0.05, 0.1) is 0 Å². The average molecular weight is 322 g/mol. The predicted octanol–water partition coefficient (Wildman–Crippen LogP) is 4.25. The van der Waals surface area contributed by atoms with Gasteiger partial charge in [0.15, 0.2) is 11.5 Å². The molecule has 4 aromatic rings. The highest BCUT2D eigenvalue weighted by Gasteiger charge is 2.19. The van der Waals surface area contributed by atoms with Crippen LogP contribution in [0.1, 0.15) is 0 Å². The molecular weight excluding hydrogens is 310 g/mol. The summed E-state index contributed by atoms with van der Waals surface area (Å²) in [5, 5.41) is 4.32. The van der Waals surface area contributed by atoms with E-state index in [1.807, 2.05) is 65.6 Å². The van der Waals surface area contributed by atoms with Crippen LogP contribution in [-0.2, 0) is 0 Å². The summed E-state index contributed by atoms with van der Waals surface area (Å²) < 4.78 is 1.63. The van der Waals surface area contributed by atoms with Gasteiger partial charge in [-0.2, -0.15) is 4.98 Å². The van der Waals surface area contributed by atoms with E-state index in [4.69, 9.17) is 11.6 Å². The van der Waals surface area contributed by atoms with E-state index < -0.39 is 0 Å². The minimum atomic E-state index is 0.169. The number of nitrogens with zero attached hydrogens (tertiary/aromatic N) is 5. The number of benzene rings is 2. The van der Waals surface area contributed by atoms with Crippen LogP contribution in [0.15, 0.2) is 73.1 Å². The zero-order valence-electron chi connectivity index (χ0n) is 12.0. The van der Waals surface area contributed by atoms with Crippen LogP contribution in [0.5, 0.6) is 0 Å². The number of halogens is 1. The molecule has 0 atom stereocenters. The standard InChI is InChI=1S/C17H12ClN5/c18-17-20-16(15-19-11-12-22(15)21-17)23(13-7-3-1-4-8-13)14-9-5-2-6-10-14/h1-12H. The Morgan fingerprint density at radius 2 is 1.48 bits per heavy atom. The number of imidazole rings is 1. The Balaban J connectivity index is 2.00. The Labute approximate surface area is 137 Å². The summed E-state index contributed by atoms with van der Waals surface area (Å²) >= 11 is 6.10. The van der Waals surface area contributed by atoms with E-state index in [0.717, 1.165) is 11.4 Å². The molecule has 0 fully saturated rings. The van der Waals surface area contributed by atoms with Crippen molar-refractivity contribution in [3.8, 4) is 0 Å². The lowest BCUT2D eigenvalue weighted by Crippen LogP contribution is -2.14. The predicted molar refractivity (Wildman–Crippen MR) is 90.5 cm³/mol. The van der Waals surface area contributed by atoms with E-state index in [1.54, 1.807) is 16.9 Å². The molecule has 0 bridgehead atoms. The average Bonchev–Trinajstić information content (AvgIpc) is 3.05. The molecule has 4 rings (SSSR count). The summed E-state index contributed by atoms with van der Waals surface area (Å²) in [6.07, 6.45) is 3.43. The first kappa shape index (κ1) is 13.7. The minimum Gasteiger partial charge on any atom is -0.292 e. The second-order valence-corrected chi connectivity index (χ2v) is 5.24. The van der Waals surface area contributed by atoms with Crippen molar-refractivity contribution in [1.82, 2.24) is 19.6 Å². The summed E-state index contributed by atoms with van der Waals surface area (Å²) in [5.74, 6) is 0.632. The maximum absolute atomic E-state index is 6.10. The lowest BCUT2D eigenvalue weighted by molar-refractivity contribution is 0.894. The molecule has 0 aliphatic heterocycles. The summed E-state index contributed by atoms with van der Waals surface area (Å²) in [6.45, 7) is 0. The quantitative estimate of drug-likeness (QED) is 0.566. The van der Waals surface area contributed by atoms with Gasteiger partial charge in [-0.1, -0.05) is 36.4 Å². The van der Waals surface area contributed by atoms with Crippen molar-refractivity contribution in [1.29, 1.82) is 0 Å². The third-order valence-corrected chi connectivity index (χ3v) is 3.61. The first-order valence-corrected chi connectivity index (χ1v) is 7.48. The minimum absolute atomic E-state index is 0.169. The number of aromatic nitrogens is 4. The number of hydrogen-bond donors (Lipinski definition) is 0. The maximum atomic E-state index is 6.10. The summed E-state index contributed by atoms with van der Waals surface area (Å²) in [7, 11) is 0. The van der Waals surface area contributed by atoms with E-state index in [2.05, 4.69) is 15.1 Å². The van der Waals surface area contributed by atoms with Crippen molar-refractivity contribution < 1.29 is 0 Å². The Morgan fingerprint density at radius 1 is 0.870 bits per heavy atom. The van der Waals surface area contributed by atoms with Crippen LogP contribution < -0.4 is 4.90 Å². The number of anilines is 3. The monoisotopic (exact) mass is 321 g/mol. The van der Waals surface area contributed by atoms with Gasteiger partial charge in [0.1, 0.15) is 0 Å². The highest BCUT2D eigenvalue weighted by atomic mass is 35.5. The molecule has 0 N–H and O–H groups in total. The number of fused-ring (bicyclic) bond motifs is 1. The van der Waals surface area contributed by atoms with Gasteiger partial charge in [-0.05, 0) is 35.9 Å². The van der Waals surface area contributed by atoms with Gasteiger partial charge >= 0.3 is 0 Å². The first-order chi connectivity index (χ1) is 11.3. The van der Waals surface area contributed by atoms with Crippen LogP contribution in [0.3, 0.4) is 0 Å². The Hall–Kier alpha value is -2.92. The summed E-state index contributed by atoms with van der Waals surface area (Å²) in [4.78, 5) is 10.8. The van der Waals surface area contributed by atoms with Gasteiger partial charge in [0.2, 0.25) is 5.28 Å². The molecule has 0 unspecified atom stereocenters. The summed E-state index contributed by atoms with van der Waals surface area (Å²) in [5.41, 5.74) is 2.58. The fourth-order valence-corrected chi connectivity index (χ4v) is 2.65. The molecule has 6 heteroatoms. The second kappa shape index (κ2) is 5.70. The van der Waals surface area contributed by atoms with E-state index in [1.165, 1.54) is 0 Å². The number of rotatable bonds is 3. The highest BCUT2D eigenvalue weighted by Crippen LogP contribution is 2.34. The Bertz CT molecular complexity index is 898. The third-order valence-electron chi connectivity index (χ3n) is 3.45. The van der Waals surface area contributed by atoms with Crippen LogP contribution in [-0.4, -0.2) is 19.6 Å². The fraction of sp³-hybridized carbons (Fsp3) is 0. The molecule has 112 valence electrons. The van der Waals surface area contributed by atoms with E-state index in [-0.39, 0.29) is 5.28 Å². The largest absolute Gasteiger partial charge is 0.292 e. The molecule has 5 nitrogen and oxygen atoms in total. The van der Waals surface area contributed by atoms with E-state index in [0.29, 0.717) is 11.5 Å². The molecule has 2 aromatic carbocycles. The number of hydrogen-bond acceptors (Lipinski definition) is 4. The van der Waals surface area contributed by atoms with Crippen LogP contribution in [0.2, 0.25) is 5.28 Å². The van der Waals surface area contributed by atoms with Gasteiger partial charge in [0.25, 0.3) is 0 Å². The van der Waals surface area contributed by atoms with Crippen molar-refractivity contribution in [2.75, 3.05) is 4.90 Å². The molecule has 23 heavy (non-hydrogen) atoms. The lowest BCUT2D eigenvalue weighted by atomic mass is 10.2. The molecule has 0 spiro atoms. The van der Waals surface area contributed by atoms with Gasteiger partial charge in [-0.3, -0.25) is 4.90 Å². The van der Waals surface area contributed by atoms with Gasteiger partial charge in [-0.15, -0.1) is 5.10 Å². The lowest BCUT2D eigenvalue weighted by Gasteiger charge is -2.24. The topological polar surface area (TPSA) is 46.3 Å². The van der Waals surface area contributed by atoms with E-state index >= 15 is 0 Å².